The molecule has 0 radical (unpaired) electrons. The first-order valence-corrected chi connectivity index (χ1v) is 7.89. The summed E-state index contributed by atoms with van der Waals surface area (Å²) in [5, 5.41) is 3.15. The van der Waals surface area contributed by atoms with Crippen LogP contribution in [0.15, 0.2) is 0 Å². The van der Waals surface area contributed by atoms with Crippen LogP contribution in [0.5, 0.6) is 0 Å². The molecule has 0 aromatic carbocycles. The fourth-order valence-corrected chi connectivity index (χ4v) is 2.95. The highest BCUT2D eigenvalue weighted by molar-refractivity contribution is 5.74. The van der Waals surface area contributed by atoms with Crippen LogP contribution in [-0.4, -0.2) is 55.0 Å². The summed E-state index contributed by atoms with van der Waals surface area (Å²) in [7, 11) is 0. The molecule has 2 rings (SSSR count). The Labute approximate surface area is 122 Å². The van der Waals surface area contributed by atoms with Crippen LogP contribution in [0.2, 0.25) is 0 Å². The highest BCUT2D eigenvalue weighted by Gasteiger charge is 2.34. The number of amides is 2. The molecule has 0 spiro atoms. The molecule has 2 amide bonds. The lowest BCUT2D eigenvalue weighted by Gasteiger charge is -2.40. The van der Waals surface area contributed by atoms with Crippen molar-refractivity contribution < 1.29 is 14.3 Å². The minimum absolute atomic E-state index is 0.0234. The quantitative estimate of drug-likeness (QED) is 0.860. The van der Waals surface area contributed by atoms with Crippen LogP contribution in [0.4, 0.5) is 4.79 Å². The Hall–Kier alpha value is -0.810. The minimum atomic E-state index is -0.207. The Bertz CT molecular complexity index is 331. The molecule has 3 atom stereocenters. The molecule has 0 unspecified atom stereocenters. The standard InChI is InChI=1S/C15H28N2O3/c1-4-12(13-7-6-9-19-13)16-14(18)17-8-10-20-15(3,5-2)11-17/h12-13H,4-11H2,1-3H3,(H,16,18)/t12-,13+,15-/m1/s1. The Morgan fingerprint density at radius 1 is 1.45 bits per heavy atom. The second-order valence-electron chi connectivity index (χ2n) is 6.09. The van der Waals surface area contributed by atoms with Gasteiger partial charge >= 0.3 is 6.03 Å². The molecule has 2 aliphatic heterocycles. The lowest BCUT2D eigenvalue weighted by atomic mass is 10.0. The van der Waals surface area contributed by atoms with Gasteiger partial charge in [0.05, 0.1) is 30.9 Å². The Morgan fingerprint density at radius 2 is 2.25 bits per heavy atom. The van der Waals surface area contributed by atoms with Gasteiger partial charge in [0.15, 0.2) is 0 Å². The van der Waals surface area contributed by atoms with E-state index in [0.717, 1.165) is 32.3 Å². The van der Waals surface area contributed by atoms with Gasteiger partial charge in [0.2, 0.25) is 0 Å². The van der Waals surface area contributed by atoms with Crippen molar-refractivity contribution in [2.24, 2.45) is 0 Å². The van der Waals surface area contributed by atoms with Gasteiger partial charge < -0.3 is 19.7 Å². The number of hydrogen-bond donors (Lipinski definition) is 1. The number of carbonyl (C=O) groups is 1. The highest BCUT2D eigenvalue weighted by atomic mass is 16.5. The largest absolute Gasteiger partial charge is 0.376 e. The van der Waals surface area contributed by atoms with Gasteiger partial charge in [-0.05, 0) is 32.6 Å². The molecule has 0 aromatic heterocycles. The van der Waals surface area contributed by atoms with Crippen LogP contribution in [0.1, 0.15) is 46.5 Å². The second kappa shape index (κ2) is 6.76. The lowest BCUT2D eigenvalue weighted by molar-refractivity contribution is -0.0877. The molecule has 1 N–H and O–H groups in total. The van der Waals surface area contributed by atoms with Gasteiger partial charge in [0, 0.05) is 13.2 Å². The first kappa shape index (κ1) is 15.6. The van der Waals surface area contributed by atoms with E-state index in [1.165, 1.54) is 0 Å². The summed E-state index contributed by atoms with van der Waals surface area (Å²) in [5.41, 5.74) is -0.207. The van der Waals surface area contributed by atoms with Gasteiger partial charge in [-0.3, -0.25) is 0 Å². The summed E-state index contributed by atoms with van der Waals surface area (Å²) in [6, 6.07) is 0.149. The van der Waals surface area contributed by atoms with Gasteiger partial charge in [0.1, 0.15) is 0 Å². The van der Waals surface area contributed by atoms with Gasteiger partial charge in [-0.15, -0.1) is 0 Å². The third-order valence-electron chi connectivity index (χ3n) is 4.53. The van der Waals surface area contributed by atoms with Gasteiger partial charge in [-0.25, -0.2) is 4.79 Å². The third kappa shape index (κ3) is 3.64. The van der Waals surface area contributed by atoms with Gasteiger partial charge in [-0.2, -0.15) is 0 Å². The summed E-state index contributed by atoms with van der Waals surface area (Å²) in [5.74, 6) is 0. The number of ether oxygens (including phenoxy) is 2. The fourth-order valence-electron chi connectivity index (χ4n) is 2.95. The number of carbonyl (C=O) groups excluding carboxylic acids is 1. The zero-order chi connectivity index (χ0) is 14.6. The monoisotopic (exact) mass is 284 g/mol. The summed E-state index contributed by atoms with van der Waals surface area (Å²) in [6.07, 6.45) is 4.16. The van der Waals surface area contributed by atoms with E-state index in [4.69, 9.17) is 9.47 Å². The van der Waals surface area contributed by atoms with E-state index in [9.17, 15) is 4.79 Å². The predicted octanol–water partition coefficient (Wildman–Crippen LogP) is 2.15. The zero-order valence-electron chi connectivity index (χ0n) is 13.0. The van der Waals surface area contributed by atoms with Crippen LogP contribution < -0.4 is 5.32 Å². The molecule has 5 nitrogen and oxygen atoms in total. The molecule has 2 aliphatic rings. The molecule has 2 fully saturated rings. The molecule has 0 bridgehead atoms. The van der Waals surface area contributed by atoms with Crippen molar-refractivity contribution in [2.75, 3.05) is 26.3 Å². The third-order valence-corrected chi connectivity index (χ3v) is 4.53. The summed E-state index contributed by atoms with van der Waals surface area (Å²) in [6.45, 7) is 9.05. The van der Waals surface area contributed by atoms with Crippen molar-refractivity contribution in [1.82, 2.24) is 10.2 Å². The van der Waals surface area contributed by atoms with Crippen molar-refractivity contribution in [3.05, 3.63) is 0 Å². The molecule has 20 heavy (non-hydrogen) atoms. The van der Waals surface area contributed by atoms with E-state index in [1.54, 1.807) is 0 Å². The van der Waals surface area contributed by atoms with Crippen molar-refractivity contribution in [3.8, 4) is 0 Å². The smallest absolute Gasteiger partial charge is 0.317 e. The maximum atomic E-state index is 12.4. The Balaban J connectivity index is 1.89. The van der Waals surface area contributed by atoms with E-state index in [-0.39, 0.29) is 23.8 Å². The van der Waals surface area contributed by atoms with E-state index in [1.807, 2.05) is 4.90 Å². The predicted molar refractivity (Wildman–Crippen MR) is 77.8 cm³/mol. The lowest BCUT2D eigenvalue weighted by Crippen LogP contribution is -2.57. The number of morpholine rings is 1. The van der Waals surface area contributed by atoms with Crippen LogP contribution >= 0.6 is 0 Å². The maximum Gasteiger partial charge on any atom is 0.317 e. The number of urea groups is 1. The van der Waals surface area contributed by atoms with Crippen LogP contribution in [-0.2, 0) is 9.47 Å². The van der Waals surface area contributed by atoms with Gasteiger partial charge in [-0.1, -0.05) is 13.8 Å². The van der Waals surface area contributed by atoms with Crippen LogP contribution in [0.25, 0.3) is 0 Å². The summed E-state index contributed by atoms with van der Waals surface area (Å²) >= 11 is 0. The summed E-state index contributed by atoms with van der Waals surface area (Å²) < 4.78 is 11.5. The molecule has 0 aromatic rings. The molecular formula is C15H28N2O3. The summed E-state index contributed by atoms with van der Waals surface area (Å²) in [4.78, 5) is 14.3. The SMILES string of the molecule is CC[C@@H](NC(=O)N1CCO[C@](C)(CC)C1)[C@@H]1CCCO1. The van der Waals surface area contributed by atoms with E-state index in [2.05, 4.69) is 26.1 Å². The molecule has 116 valence electrons. The van der Waals surface area contributed by atoms with Crippen LogP contribution in [0, 0.1) is 0 Å². The molecule has 2 saturated heterocycles. The van der Waals surface area contributed by atoms with Crippen molar-refractivity contribution in [3.63, 3.8) is 0 Å². The van der Waals surface area contributed by atoms with Crippen molar-refractivity contribution in [1.29, 1.82) is 0 Å². The normalized spacial score (nSPS) is 32.1. The van der Waals surface area contributed by atoms with E-state index >= 15 is 0 Å². The molecule has 5 heteroatoms. The number of nitrogens with one attached hydrogen (secondary N) is 1. The van der Waals surface area contributed by atoms with Crippen molar-refractivity contribution in [2.45, 2.75) is 64.2 Å². The first-order chi connectivity index (χ1) is 9.58. The Kier molecular flexibility index (Phi) is 5.27. The average Bonchev–Trinajstić information content (AvgIpc) is 2.98. The van der Waals surface area contributed by atoms with E-state index in [0.29, 0.717) is 19.7 Å². The number of nitrogens with zero attached hydrogens (tertiary/aromatic N) is 1. The number of rotatable bonds is 4. The maximum absolute atomic E-state index is 12.4. The topological polar surface area (TPSA) is 50.8 Å². The fraction of sp³-hybridized carbons (Fsp3) is 0.933. The molecular weight excluding hydrogens is 256 g/mol. The molecule has 0 aliphatic carbocycles. The average molecular weight is 284 g/mol. The molecule has 0 saturated carbocycles. The van der Waals surface area contributed by atoms with Crippen molar-refractivity contribution >= 4 is 6.03 Å². The highest BCUT2D eigenvalue weighted by Crippen LogP contribution is 2.22. The van der Waals surface area contributed by atoms with E-state index < -0.39 is 0 Å². The Morgan fingerprint density at radius 3 is 2.85 bits per heavy atom. The molecule has 2 heterocycles. The van der Waals surface area contributed by atoms with Gasteiger partial charge in [0.25, 0.3) is 0 Å². The zero-order valence-corrected chi connectivity index (χ0v) is 13.0. The minimum Gasteiger partial charge on any atom is -0.376 e. The second-order valence-corrected chi connectivity index (χ2v) is 6.09. The van der Waals surface area contributed by atoms with Crippen LogP contribution in [0.3, 0.4) is 0 Å². The number of hydrogen-bond acceptors (Lipinski definition) is 3. The first-order valence-electron chi connectivity index (χ1n) is 7.89.